The van der Waals surface area contributed by atoms with E-state index < -0.39 is 0 Å². The van der Waals surface area contributed by atoms with Crippen molar-refractivity contribution in [3.8, 4) is 11.8 Å². The van der Waals surface area contributed by atoms with Crippen LogP contribution in [0.5, 0.6) is 11.8 Å². The van der Waals surface area contributed by atoms with E-state index in [2.05, 4.69) is 14.9 Å². The molecule has 3 atom stereocenters. The molecule has 0 N–H and O–H groups in total. The standard InChI is InChI=1S/C19H23N3O2/c1-23-19-20-9-14(10-21-19)11-22-12-15-7-18(8-16(15)13-22)24-17-5-3-2-4-6-17/h2-6,9-10,15-16,18H,7-8,11-13H2,1H3/t15-,16+,18?. The minimum atomic E-state index is 0.369. The molecule has 1 aromatic carbocycles. The van der Waals surface area contributed by atoms with Gasteiger partial charge in [0.25, 0.3) is 0 Å². The summed E-state index contributed by atoms with van der Waals surface area (Å²) < 4.78 is 11.1. The number of fused-ring (bicyclic) bond motifs is 1. The Morgan fingerprint density at radius 2 is 1.71 bits per heavy atom. The van der Waals surface area contributed by atoms with Gasteiger partial charge < -0.3 is 9.47 Å². The van der Waals surface area contributed by atoms with Crippen LogP contribution in [0.15, 0.2) is 42.7 Å². The lowest BCUT2D eigenvalue weighted by molar-refractivity contribution is 0.184. The lowest BCUT2D eigenvalue weighted by atomic mass is 10.0. The first-order valence-corrected chi connectivity index (χ1v) is 8.59. The van der Waals surface area contributed by atoms with Gasteiger partial charge in [-0.25, -0.2) is 9.97 Å². The summed E-state index contributed by atoms with van der Waals surface area (Å²) in [5.74, 6) is 2.49. The predicted molar refractivity (Wildman–Crippen MR) is 90.9 cm³/mol. The highest BCUT2D eigenvalue weighted by Crippen LogP contribution is 2.40. The number of methoxy groups -OCH3 is 1. The van der Waals surface area contributed by atoms with Crippen molar-refractivity contribution >= 4 is 0 Å². The van der Waals surface area contributed by atoms with Gasteiger partial charge in [-0.2, -0.15) is 0 Å². The number of hydrogen-bond acceptors (Lipinski definition) is 5. The van der Waals surface area contributed by atoms with Crippen LogP contribution in [0.4, 0.5) is 0 Å². The van der Waals surface area contributed by atoms with Crippen molar-refractivity contribution in [3.63, 3.8) is 0 Å². The average molecular weight is 325 g/mol. The number of hydrogen-bond donors (Lipinski definition) is 0. The molecule has 0 radical (unpaired) electrons. The van der Waals surface area contributed by atoms with Gasteiger partial charge in [-0.05, 0) is 36.8 Å². The molecule has 1 aliphatic carbocycles. The average Bonchev–Trinajstić information content (AvgIpc) is 3.14. The maximum atomic E-state index is 6.14. The topological polar surface area (TPSA) is 47.5 Å². The lowest BCUT2D eigenvalue weighted by Crippen LogP contribution is -2.24. The first-order valence-electron chi connectivity index (χ1n) is 8.59. The molecule has 1 saturated heterocycles. The Balaban J connectivity index is 1.29. The number of likely N-dealkylation sites (tertiary alicyclic amines) is 1. The molecule has 5 heteroatoms. The highest BCUT2D eigenvalue weighted by molar-refractivity contribution is 5.21. The Morgan fingerprint density at radius 3 is 2.33 bits per heavy atom. The molecule has 1 aliphatic heterocycles. The molecular formula is C19H23N3O2. The third-order valence-corrected chi connectivity index (χ3v) is 5.10. The van der Waals surface area contributed by atoms with Crippen molar-refractivity contribution in [2.45, 2.75) is 25.5 Å². The van der Waals surface area contributed by atoms with Gasteiger partial charge in [0.15, 0.2) is 0 Å². The van der Waals surface area contributed by atoms with Crippen molar-refractivity contribution in [2.24, 2.45) is 11.8 Å². The fourth-order valence-electron chi connectivity index (χ4n) is 4.05. The minimum Gasteiger partial charge on any atom is -0.490 e. The molecule has 1 unspecified atom stereocenters. The van der Waals surface area contributed by atoms with Crippen LogP contribution in [0.2, 0.25) is 0 Å². The number of aromatic nitrogens is 2. The second-order valence-corrected chi connectivity index (χ2v) is 6.82. The largest absolute Gasteiger partial charge is 0.490 e. The first-order chi connectivity index (χ1) is 11.8. The van der Waals surface area contributed by atoms with Crippen LogP contribution in [0.1, 0.15) is 18.4 Å². The summed E-state index contributed by atoms with van der Waals surface area (Å²) >= 11 is 0. The van der Waals surface area contributed by atoms with Gasteiger partial charge in [-0.1, -0.05) is 18.2 Å². The second kappa shape index (κ2) is 6.77. The highest BCUT2D eigenvalue weighted by Gasteiger charge is 2.41. The van der Waals surface area contributed by atoms with Crippen LogP contribution in [0, 0.1) is 11.8 Å². The minimum absolute atomic E-state index is 0.369. The van der Waals surface area contributed by atoms with Gasteiger partial charge in [0, 0.05) is 37.6 Å². The predicted octanol–water partition coefficient (Wildman–Crippen LogP) is 2.77. The van der Waals surface area contributed by atoms with Crippen LogP contribution in [0.3, 0.4) is 0 Å². The molecule has 0 bridgehead atoms. The summed E-state index contributed by atoms with van der Waals surface area (Å²) in [5.41, 5.74) is 1.15. The summed E-state index contributed by atoms with van der Waals surface area (Å²) in [4.78, 5) is 10.9. The Hall–Kier alpha value is -2.14. The maximum Gasteiger partial charge on any atom is 0.316 e. The highest BCUT2D eigenvalue weighted by atomic mass is 16.5. The Morgan fingerprint density at radius 1 is 1.04 bits per heavy atom. The molecular weight excluding hydrogens is 302 g/mol. The van der Waals surface area contributed by atoms with Crippen molar-refractivity contribution in [3.05, 3.63) is 48.3 Å². The number of benzene rings is 1. The van der Waals surface area contributed by atoms with E-state index in [1.165, 1.54) is 0 Å². The van der Waals surface area contributed by atoms with Crippen molar-refractivity contribution < 1.29 is 9.47 Å². The van der Waals surface area contributed by atoms with Crippen molar-refractivity contribution in [1.82, 2.24) is 14.9 Å². The Labute approximate surface area is 142 Å². The lowest BCUT2D eigenvalue weighted by Gasteiger charge is -2.19. The molecule has 5 nitrogen and oxygen atoms in total. The van der Waals surface area contributed by atoms with E-state index in [-0.39, 0.29) is 0 Å². The van der Waals surface area contributed by atoms with E-state index in [0.29, 0.717) is 12.1 Å². The van der Waals surface area contributed by atoms with Gasteiger partial charge in [-0.3, -0.25) is 4.90 Å². The molecule has 0 amide bonds. The molecule has 4 rings (SSSR count). The number of rotatable bonds is 5. The quantitative estimate of drug-likeness (QED) is 0.846. The first kappa shape index (κ1) is 15.4. The van der Waals surface area contributed by atoms with Crippen LogP contribution < -0.4 is 9.47 Å². The van der Waals surface area contributed by atoms with Crippen molar-refractivity contribution in [1.29, 1.82) is 0 Å². The van der Waals surface area contributed by atoms with Gasteiger partial charge >= 0.3 is 6.01 Å². The van der Waals surface area contributed by atoms with Crippen LogP contribution in [-0.4, -0.2) is 41.2 Å². The van der Waals surface area contributed by atoms with Gasteiger partial charge in [0.05, 0.1) is 13.2 Å². The smallest absolute Gasteiger partial charge is 0.316 e. The molecule has 1 aromatic heterocycles. The Kier molecular flexibility index (Phi) is 4.34. The maximum absolute atomic E-state index is 6.14. The van der Waals surface area contributed by atoms with Crippen LogP contribution in [-0.2, 0) is 6.54 Å². The monoisotopic (exact) mass is 325 g/mol. The third kappa shape index (κ3) is 3.36. The van der Waals surface area contributed by atoms with Crippen LogP contribution in [0.25, 0.3) is 0 Å². The molecule has 24 heavy (non-hydrogen) atoms. The fourth-order valence-corrected chi connectivity index (χ4v) is 4.05. The third-order valence-electron chi connectivity index (χ3n) is 5.10. The fraction of sp³-hybridized carbons (Fsp3) is 0.474. The van der Waals surface area contributed by atoms with Gasteiger partial charge in [0.1, 0.15) is 5.75 Å². The summed E-state index contributed by atoms with van der Waals surface area (Å²) in [6.45, 7) is 3.21. The number of nitrogens with zero attached hydrogens (tertiary/aromatic N) is 3. The molecule has 1 saturated carbocycles. The normalized spacial score (nSPS) is 26.3. The van der Waals surface area contributed by atoms with Gasteiger partial charge in [0.2, 0.25) is 0 Å². The van der Waals surface area contributed by atoms with Gasteiger partial charge in [-0.15, -0.1) is 0 Å². The Bertz CT molecular complexity index is 648. The SMILES string of the molecule is COc1ncc(CN2C[C@H]3CC(Oc4ccccc4)C[C@H]3C2)cn1. The molecule has 126 valence electrons. The zero-order valence-electron chi connectivity index (χ0n) is 14.0. The summed E-state index contributed by atoms with van der Waals surface area (Å²) in [6, 6.07) is 10.6. The molecule has 2 aliphatic rings. The van der Waals surface area contributed by atoms with E-state index in [0.717, 1.165) is 55.6 Å². The molecule has 2 heterocycles. The van der Waals surface area contributed by atoms with E-state index in [9.17, 15) is 0 Å². The zero-order chi connectivity index (χ0) is 16.4. The summed E-state index contributed by atoms with van der Waals surface area (Å²) in [6.07, 6.45) is 6.42. The molecule has 2 aromatic rings. The molecule has 0 spiro atoms. The van der Waals surface area contributed by atoms with E-state index in [4.69, 9.17) is 9.47 Å². The molecule has 2 fully saturated rings. The van der Waals surface area contributed by atoms with Crippen molar-refractivity contribution in [2.75, 3.05) is 20.2 Å². The second-order valence-electron chi connectivity index (χ2n) is 6.82. The van der Waals surface area contributed by atoms with E-state index in [1.807, 2.05) is 42.7 Å². The van der Waals surface area contributed by atoms with E-state index >= 15 is 0 Å². The summed E-state index contributed by atoms with van der Waals surface area (Å²) in [7, 11) is 1.59. The summed E-state index contributed by atoms with van der Waals surface area (Å²) in [5, 5.41) is 0. The van der Waals surface area contributed by atoms with E-state index in [1.54, 1.807) is 7.11 Å². The number of para-hydroxylation sites is 1. The zero-order valence-corrected chi connectivity index (χ0v) is 14.0. The van der Waals surface area contributed by atoms with Crippen LogP contribution >= 0.6 is 0 Å². The number of ether oxygens (including phenoxy) is 2.